The summed E-state index contributed by atoms with van der Waals surface area (Å²) in [6.45, 7) is 4.67. The van der Waals surface area contributed by atoms with Crippen LogP contribution in [0.2, 0.25) is 0 Å². The van der Waals surface area contributed by atoms with E-state index in [4.69, 9.17) is 22.1 Å². The van der Waals surface area contributed by atoms with E-state index < -0.39 is 0 Å². The lowest BCUT2D eigenvalue weighted by Crippen LogP contribution is -2.31. The summed E-state index contributed by atoms with van der Waals surface area (Å²) < 4.78 is 7.23. The van der Waals surface area contributed by atoms with E-state index in [2.05, 4.69) is 10.3 Å². The number of hydrogen-bond donors (Lipinski definition) is 2. The first-order valence-electron chi connectivity index (χ1n) is 11.2. The lowest BCUT2D eigenvalue weighted by molar-refractivity contribution is -0.123. The second kappa shape index (κ2) is 11.1. The predicted molar refractivity (Wildman–Crippen MR) is 142 cm³/mol. The number of anilines is 1. The third-order valence-electron chi connectivity index (χ3n) is 5.63. The van der Waals surface area contributed by atoms with Crippen molar-refractivity contribution >= 4 is 51.7 Å². The summed E-state index contributed by atoms with van der Waals surface area (Å²) in [5.74, 6) is 0.112. The number of pyridine rings is 1. The molecule has 1 fully saturated rings. The van der Waals surface area contributed by atoms with Crippen molar-refractivity contribution in [3.8, 4) is 0 Å². The highest BCUT2D eigenvalue weighted by Gasteiger charge is 2.36. The van der Waals surface area contributed by atoms with E-state index in [1.807, 2.05) is 50.2 Å². The minimum absolute atomic E-state index is 0.0662. The number of nitrogens with zero attached hydrogens (tertiary/aromatic N) is 3. The number of carbonyl (C=O) groups is 1. The zero-order valence-corrected chi connectivity index (χ0v) is 21.1. The molecule has 0 radical (unpaired) electrons. The smallest absolute Gasteiger partial charge is 0.267 e. The monoisotopic (exact) mass is 510 g/mol. The van der Waals surface area contributed by atoms with Gasteiger partial charge in [-0.25, -0.2) is 4.98 Å². The SMILES string of the molecule is Cc1cccn2c(=O)c(/C=C3\SC(=S)N([C@H](C)c4ccccc4)C3=O)c(NCCOCCO)nc12. The summed E-state index contributed by atoms with van der Waals surface area (Å²) in [5.41, 5.74) is 2.32. The molecule has 3 aromatic rings. The first-order chi connectivity index (χ1) is 16.9. The largest absolute Gasteiger partial charge is 0.394 e. The Bertz CT molecular complexity index is 1340. The van der Waals surface area contributed by atoms with Crippen molar-refractivity contribution in [3.63, 3.8) is 0 Å². The molecule has 1 amide bonds. The van der Waals surface area contributed by atoms with Crippen molar-refractivity contribution < 1.29 is 14.6 Å². The molecule has 3 heterocycles. The van der Waals surface area contributed by atoms with Gasteiger partial charge in [0.25, 0.3) is 11.5 Å². The van der Waals surface area contributed by atoms with Crippen LogP contribution in [0.15, 0.2) is 58.4 Å². The molecule has 1 atom stereocenters. The van der Waals surface area contributed by atoms with Crippen LogP contribution < -0.4 is 10.9 Å². The Labute approximate surface area is 212 Å². The number of ether oxygens (including phenoxy) is 1. The van der Waals surface area contributed by atoms with Crippen molar-refractivity contribution in [1.29, 1.82) is 0 Å². The normalized spacial score (nSPS) is 15.9. The highest BCUT2D eigenvalue weighted by Crippen LogP contribution is 2.38. The van der Waals surface area contributed by atoms with E-state index in [9.17, 15) is 9.59 Å². The van der Waals surface area contributed by atoms with Crippen molar-refractivity contribution in [2.75, 3.05) is 31.7 Å². The number of aromatic nitrogens is 2. The fourth-order valence-electron chi connectivity index (χ4n) is 3.81. The molecule has 1 aliphatic rings. The number of rotatable bonds is 9. The van der Waals surface area contributed by atoms with Crippen LogP contribution in [0.5, 0.6) is 0 Å². The number of carbonyl (C=O) groups excluding carboxylic acids is 1. The number of amides is 1. The maximum Gasteiger partial charge on any atom is 0.267 e. The number of hydrogen-bond acceptors (Lipinski definition) is 8. The molecule has 35 heavy (non-hydrogen) atoms. The number of fused-ring (bicyclic) bond motifs is 1. The van der Waals surface area contributed by atoms with Gasteiger partial charge in [-0.1, -0.05) is 60.4 Å². The Kier molecular flexibility index (Phi) is 7.97. The van der Waals surface area contributed by atoms with Crippen molar-refractivity contribution in [3.05, 3.63) is 80.6 Å². The van der Waals surface area contributed by atoms with Crippen LogP contribution in [0.25, 0.3) is 11.7 Å². The highest BCUT2D eigenvalue weighted by molar-refractivity contribution is 8.26. The summed E-state index contributed by atoms with van der Waals surface area (Å²) in [6.07, 6.45) is 3.23. The molecule has 0 saturated carbocycles. The molecule has 4 rings (SSSR count). The molecular weight excluding hydrogens is 484 g/mol. The quantitative estimate of drug-likeness (QED) is 0.257. The predicted octanol–water partition coefficient (Wildman–Crippen LogP) is 3.39. The number of aliphatic hydroxyl groups is 1. The van der Waals surface area contributed by atoms with Crippen molar-refractivity contribution in [2.45, 2.75) is 19.9 Å². The van der Waals surface area contributed by atoms with Gasteiger partial charge in [0.2, 0.25) is 0 Å². The average molecular weight is 511 g/mol. The highest BCUT2D eigenvalue weighted by atomic mass is 32.2. The molecular formula is C25H26N4O4S2. The Morgan fingerprint density at radius 1 is 1.20 bits per heavy atom. The van der Waals surface area contributed by atoms with Gasteiger partial charge in [-0.2, -0.15) is 0 Å². The number of nitrogens with one attached hydrogen (secondary N) is 1. The molecule has 2 aromatic heterocycles. The van der Waals surface area contributed by atoms with E-state index in [0.29, 0.717) is 33.8 Å². The summed E-state index contributed by atoms with van der Waals surface area (Å²) in [4.78, 5) is 33.4. The minimum atomic E-state index is -0.293. The van der Waals surface area contributed by atoms with E-state index >= 15 is 0 Å². The zero-order chi connectivity index (χ0) is 24.9. The van der Waals surface area contributed by atoms with E-state index in [-0.39, 0.29) is 36.3 Å². The number of benzene rings is 1. The maximum absolute atomic E-state index is 13.5. The molecule has 1 aliphatic heterocycles. The fraction of sp³-hybridized carbons (Fsp3) is 0.280. The molecule has 2 N–H and O–H groups in total. The van der Waals surface area contributed by atoms with Gasteiger partial charge in [-0.15, -0.1) is 0 Å². The Morgan fingerprint density at radius 3 is 2.71 bits per heavy atom. The lowest BCUT2D eigenvalue weighted by atomic mass is 10.1. The van der Waals surface area contributed by atoms with Crippen LogP contribution in [-0.2, 0) is 9.53 Å². The standard InChI is InChI=1S/C25H26N4O4S2/c1-16-7-6-11-28-22(16)27-21(26-10-13-33-14-12-30)19(23(28)31)15-20-24(32)29(25(34)35-20)17(2)18-8-4-3-5-9-18/h3-9,11,15,17,26,30H,10,12-14H2,1-2H3/b20-15-/t17-/m1/s1. The number of thiocarbonyl (C=S) groups is 1. The molecule has 10 heteroatoms. The average Bonchev–Trinajstić information content (AvgIpc) is 3.14. The molecule has 1 aromatic carbocycles. The van der Waals surface area contributed by atoms with Gasteiger partial charge >= 0.3 is 0 Å². The van der Waals surface area contributed by atoms with Crippen molar-refractivity contribution in [1.82, 2.24) is 14.3 Å². The third-order valence-corrected chi connectivity index (χ3v) is 6.96. The van der Waals surface area contributed by atoms with Gasteiger partial charge in [-0.05, 0) is 37.1 Å². The van der Waals surface area contributed by atoms with E-state index in [1.165, 1.54) is 16.2 Å². The topological polar surface area (TPSA) is 96.2 Å². The number of thioether (sulfide) groups is 1. The van der Waals surface area contributed by atoms with Gasteiger partial charge in [0.05, 0.1) is 36.3 Å². The number of aliphatic hydroxyl groups excluding tert-OH is 1. The molecule has 0 bridgehead atoms. The summed E-state index contributed by atoms with van der Waals surface area (Å²) >= 11 is 6.71. The Balaban J connectivity index is 1.71. The Hall–Kier alpha value is -3.05. The zero-order valence-electron chi connectivity index (χ0n) is 19.4. The summed E-state index contributed by atoms with van der Waals surface area (Å²) in [5, 5.41) is 12.0. The maximum atomic E-state index is 13.5. The summed E-state index contributed by atoms with van der Waals surface area (Å²) in [6, 6.07) is 13.1. The van der Waals surface area contributed by atoms with Crippen molar-refractivity contribution in [2.24, 2.45) is 0 Å². The first-order valence-corrected chi connectivity index (χ1v) is 12.4. The second-order valence-electron chi connectivity index (χ2n) is 7.97. The molecule has 0 aliphatic carbocycles. The fourth-order valence-corrected chi connectivity index (χ4v) is 5.21. The van der Waals surface area contributed by atoms with E-state index in [0.717, 1.165) is 11.1 Å². The molecule has 1 saturated heterocycles. The van der Waals surface area contributed by atoms with Crippen LogP contribution in [0.4, 0.5) is 5.82 Å². The van der Waals surface area contributed by atoms with Gasteiger partial charge < -0.3 is 15.2 Å². The van der Waals surface area contributed by atoms with Crippen LogP contribution in [0.1, 0.15) is 29.7 Å². The van der Waals surface area contributed by atoms with Crippen LogP contribution in [0, 0.1) is 6.92 Å². The van der Waals surface area contributed by atoms with Gasteiger partial charge in [0.15, 0.2) is 0 Å². The summed E-state index contributed by atoms with van der Waals surface area (Å²) in [7, 11) is 0. The molecule has 182 valence electrons. The van der Waals surface area contributed by atoms with Crippen LogP contribution in [-0.4, -0.2) is 56.0 Å². The van der Waals surface area contributed by atoms with Crippen LogP contribution in [0.3, 0.4) is 0 Å². The Morgan fingerprint density at radius 2 is 1.97 bits per heavy atom. The molecule has 0 spiro atoms. The van der Waals surface area contributed by atoms with Gasteiger partial charge in [0.1, 0.15) is 15.8 Å². The third kappa shape index (κ3) is 5.30. The molecule has 0 unspecified atom stereocenters. The molecule has 8 nitrogen and oxygen atoms in total. The van der Waals surface area contributed by atoms with Crippen LogP contribution >= 0.6 is 24.0 Å². The lowest BCUT2D eigenvalue weighted by Gasteiger charge is -2.23. The first kappa shape index (κ1) is 25.1. The van der Waals surface area contributed by atoms with Gasteiger partial charge in [-0.3, -0.25) is 18.9 Å². The minimum Gasteiger partial charge on any atom is -0.394 e. The van der Waals surface area contributed by atoms with E-state index in [1.54, 1.807) is 23.2 Å². The second-order valence-corrected chi connectivity index (χ2v) is 9.64. The van der Waals surface area contributed by atoms with Gasteiger partial charge in [0, 0.05) is 12.7 Å². The number of aryl methyl sites for hydroxylation is 1.